The molecule has 0 aliphatic carbocycles. The maximum atomic E-state index is 12.0. The number of anilines is 1. The van der Waals surface area contributed by atoms with Crippen LogP contribution in [-0.2, 0) is 4.79 Å². The summed E-state index contributed by atoms with van der Waals surface area (Å²) in [6.45, 7) is 6.15. The topological polar surface area (TPSA) is 49.4 Å². The number of amides is 1. The van der Waals surface area contributed by atoms with Gasteiger partial charge in [0.1, 0.15) is 0 Å². The molecule has 21 heavy (non-hydrogen) atoms. The normalized spacial score (nSPS) is 16.7. The summed E-state index contributed by atoms with van der Waals surface area (Å²) in [7, 11) is 0. The first-order valence-electron chi connectivity index (χ1n) is 7.77. The van der Waals surface area contributed by atoms with Crippen molar-refractivity contribution in [2.75, 3.05) is 18.4 Å². The standard InChI is InChI=1S/C17H24N2O2/c1-3-16(20)14-6-8-15(9-7-14)18-17(21)12-13(2)19-10-4-5-11-19/h6-9,13H,3-5,10-12H2,1-2H3,(H,18,21). The summed E-state index contributed by atoms with van der Waals surface area (Å²) in [5.41, 5.74) is 1.45. The van der Waals surface area contributed by atoms with Crippen molar-refractivity contribution in [3.8, 4) is 0 Å². The van der Waals surface area contributed by atoms with Gasteiger partial charge < -0.3 is 10.2 Å². The van der Waals surface area contributed by atoms with E-state index in [0.717, 1.165) is 18.8 Å². The van der Waals surface area contributed by atoms with E-state index < -0.39 is 0 Å². The van der Waals surface area contributed by atoms with E-state index in [-0.39, 0.29) is 17.7 Å². The van der Waals surface area contributed by atoms with Gasteiger partial charge in [0, 0.05) is 30.1 Å². The average molecular weight is 288 g/mol. The predicted octanol–water partition coefficient (Wildman–Crippen LogP) is 3.09. The minimum atomic E-state index is 0.0315. The maximum absolute atomic E-state index is 12.0. The lowest BCUT2D eigenvalue weighted by atomic mass is 10.1. The summed E-state index contributed by atoms with van der Waals surface area (Å²) in [6.07, 6.45) is 3.48. The van der Waals surface area contributed by atoms with E-state index in [2.05, 4.69) is 17.1 Å². The number of nitrogens with zero attached hydrogens (tertiary/aromatic N) is 1. The van der Waals surface area contributed by atoms with Gasteiger partial charge in [-0.25, -0.2) is 0 Å². The minimum absolute atomic E-state index is 0.0315. The fraction of sp³-hybridized carbons (Fsp3) is 0.529. The molecule has 0 aromatic heterocycles. The monoisotopic (exact) mass is 288 g/mol. The highest BCUT2D eigenvalue weighted by atomic mass is 16.1. The van der Waals surface area contributed by atoms with Gasteiger partial charge in [-0.1, -0.05) is 6.92 Å². The lowest BCUT2D eigenvalue weighted by molar-refractivity contribution is -0.117. The molecule has 1 aliphatic heterocycles. The number of benzene rings is 1. The van der Waals surface area contributed by atoms with E-state index in [1.54, 1.807) is 24.3 Å². The summed E-state index contributed by atoms with van der Waals surface area (Å²) < 4.78 is 0. The van der Waals surface area contributed by atoms with E-state index >= 15 is 0 Å². The summed E-state index contributed by atoms with van der Waals surface area (Å²) >= 11 is 0. The zero-order chi connectivity index (χ0) is 15.2. The fourth-order valence-corrected chi connectivity index (χ4v) is 2.74. The molecule has 1 aromatic carbocycles. The highest BCUT2D eigenvalue weighted by Crippen LogP contribution is 2.15. The number of hydrogen-bond acceptors (Lipinski definition) is 3. The third kappa shape index (κ3) is 4.39. The molecule has 1 N–H and O–H groups in total. The van der Waals surface area contributed by atoms with Gasteiger partial charge in [0.15, 0.2) is 5.78 Å². The highest BCUT2D eigenvalue weighted by Gasteiger charge is 2.20. The van der Waals surface area contributed by atoms with Crippen LogP contribution >= 0.6 is 0 Å². The molecular formula is C17H24N2O2. The Kier molecular flexibility index (Phi) is 5.51. The van der Waals surface area contributed by atoms with Gasteiger partial charge in [0.2, 0.25) is 5.91 Å². The first-order chi connectivity index (χ1) is 10.1. The van der Waals surface area contributed by atoms with Crippen molar-refractivity contribution in [2.45, 2.75) is 45.6 Å². The number of ketones is 1. The van der Waals surface area contributed by atoms with Crippen LogP contribution in [0, 0.1) is 0 Å². The van der Waals surface area contributed by atoms with Crippen molar-refractivity contribution in [3.05, 3.63) is 29.8 Å². The largest absolute Gasteiger partial charge is 0.326 e. The van der Waals surface area contributed by atoms with Gasteiger partial charge in [0.25, 0.3) is 0 Å². The molecule has 1 heterocycles. The van der Waals surface area contributed by atoms with Gasteiger partial charge in [-0.2, -0.15) is 0 Å². The second-order valence-electron chi connectivity index (χ2n) is 5.70. The molecule has 0 saturated carbocycles. The SMILES string of the molecule is CCC(=O)c1ccc(NC(=O)CC(C)N2CCCC2)cc1. The van der Waals surface area contributed by atoms with Crippen LogP contribution in [0.3, 0.4) is 0 Å². The lowest BCUT2D eigenvalue weighted by Crippen LogP contribution is -2.33. The molecule has 1 amide bonds. The van der Waals surface area contributed by atoms with Crippen LogP contribution in [0.5, 0.6) is 0 Å². The number of carbonyl (C=O) groups excluding carboxylic acids is 2. The molecule has 1 atom stereocenters. The zero-order valence-electron chi connectivity index (χ0n) is 12.9. The lowest BCUT2D eigenvalue weighted by Gasteiger charge is -2.23. The smallest absolute Gasteiger partial charge is 0.225 e. The van der Waals surface area contributed by atoms with E-state index in [1.807, 2.05) is 6.92 Å². The molecular weight excluding hydrogens is 264 g/mol. The van der Waals surface area contributed by atoms with Crippen molar-refractivity contribution in [3.63, 3.8) is 0 Å². The van der Waals surface area contributed by atoms with Crippen LogP contribution in [0.4, 0.5) is 5.69 Å². The second-order valence-corrected chi connectivity index (χ2v) is 5.70. The van der Waals surface area contributed by atoms with Crippen LogP contribution < -0.4 is 5.32 Å². The summed E-state index contributed by atoms with van der Waals surface area (Å²) in [5.74, 6) is 0.152. The van der Waals surface area contributed by atoms with Crippen molar-refractivity contribution < 1.29 is 9.59 Å². The van der Waals surface area contributed by atoms with Crippen LogP contribution in [-0.4, -0.2) is 35.7 Å². The first kappa shape index (κ1) is 15.7. The van der Waals surface area contributed by atoms with Crippen molar-refractivity contribution in [1.29, 1.82) is 0 Å². The molecule has 114 valence electrons. The van der Waals surface area contributed by atoms with Gasteiger partial charge in [-0.05, 0) is 57.1 Å². The Morgan fingerprint density at radius 2 is 1.81 bits per heavy atom. The molecule has 1 aliphatic rings. The molecule has 1 unspecified atom stereocenters. The van der Waals surface area contributed by atoms with Crippen molar-refractivity contribution in [2.24, 2.45) is 0 Å². The number of nitrogens with one attached hydrogen (secondary N) is 1. The molecule has 1 saturated heterocycles. The molecule has 1 fully saturated rings. The number of hydrogen-bond donors (Lipinski definition) is 1. The maximum Gasteiger partial charge on any atom is 0.225 e. The number of Topliss-reactive ketones (excluding diaryl/α,β-unsaturated/α-hetero) is 1. The fourth-order valence-electron chi connectivity index (χ4n) is 2.74. The number of rotatable bonds is 6. The van der Waals surface area contributed by atoms with Crippen LogP contribution in [0.2, 0.25) is 0 Å². The Balaban J connectivity index is 1.85. The molecule has 4 heteroatoms. The molecule has 4 nitrogen and oxygen atoms in total. The third-order valence-electron chi connectivity index (χ3n) is 4.06. The average Bonchev–Trinajstić information content (AvgIpc) is 3.01. The Labute approximate surface area is 126 Å². The second kappa shape index (κ2) is 7.36. The predicted molar refractivity (Wildman–Crippen MR) is 84.6 cm³/mol. The first-order valence-corrected chi connectivity index (χ1v) is 7.77. The van der Waals surface area contributed by atoms with E-state index in [1.165, 1.54) is 12.8 Å². The van der Waals surface area contributed by atoms with Gasteiger partial charge in [-0.3, -0.25) is 9.59 Å². The van der Waals surface area contributed by atoms with Crippen LogP contribution in [0.1, 0.15) is 49.9 Å². The van der Waals surface area contributed by atoms with E-state index in [9.17, 15) is 9.59 Å². The van der Waals surface area contributed by atoms with Crippen LogP contribution in [0.15, 0.2) is 24.3 Å². The summed E-state index contributed by atoms with van der Waals surface area (Å²) in [5, 5.41) is 2.90. The van der Waals surface area contributed by atoms with Gasteiger partial charge in [0.05, 0.1) is 0 Å². The van der Waals surface area contributed by atoms with E-state index in [4.69, 9.17) is 0 Å². The number of likely N-dealkylation sites (tertiary alicyclic amines) is 1. The Morgan fingerprint density at radius 1 is 1.19 bits per heavy atom. The third-order valence-corrected chi connectivity index (χ3v) is 4.06. The number of carbonyl (C=O) groups is 2. The molecule has 2 rings (SSSR count). The van der Waals surface area contributed by atoms with Gasteiger partial charge in [-0.15, -0.1) is 0 Å². The van der Waals surface area contributed by atoms with Gasteiger partial charge >= 0.3 is 0 Å². The minimum Gasteiger partial charge on any atom is -0.326 e. The van der Waals surface area contributed by atoms with E-state index in [0.29, 0.717) is 18.4 Å². The quantitative estimate of drug-likeness (QED) is 0.818. The summed E-state index contributed by atoms with van der Waals surface area (Å²) in [6, 6.07) is 7.41. The molecule has 0 bridgehead atoms. The Hall–Kier alpha value is -1.68. The molecule has 0 radical (unpaired) electrons. The molecule has 1 aromatic rings. The van der Waals surface area contributed by atoms with Crippen LogP contribution in [0.25, 0.3) is 0 Å². The zero-order valence-corrected chi connectivity index (χ0v) is 12.9. The van der Waals surface area contributed by atoms with Crippen molar-refractivity contribution >= 4 is 17.4 Å². The highest BCUT2D eigenvalue weighted by molar-refractivity contribution is 5.97. The molecule has 0 spiro atoms. The van der Waals surface area contributed by atoms with Crippen molar-refractivity contribution in [1.82, 2.24) is 4.90 Å². The Morgan fingerprint density at radius 3 is 2.38 bits per heavy atom. The Bertz CT molecular complexity index is 490. The summed E-state index contributed by atoms with van der Waals surface area (Å²) in [4.78, 5) is 26.0.